The SMILES string of the molecule is Cc1nc(N2CCOCC2)ncc1C(=O)N1CC[C@@H](c2cc(C(N)=O)c3ccccc3n2)C1. The van der Waals surface area contributed by atoms with Gasteiger partial charge in [-0.1, -0.05) is 18.2 Å². The number of fused-ring (bicyclic) bond motifs is 1. The molecule has 2 fully saturated rings. The molecule has 9 heteroatoms. The smallest absolute Gasteiger partial charge is 0.257 e. The Morgan fingerprint density at radius 3 is 2.64 bits per heavy atom. The van der Waals surface area contributed by atoms with Gasteiger partial charge in [0.2, 0.25) is 11.9 Å². The Bertz CT molecular complexity index is 1220. The number of aryl methyl sites for hydroxylation is 1. The van der Waals surface area contributed by atoms with Gasteiger partial charge >= 0.3 is 0 Å². The lowest BCUT2D eigenvalue weighted by Gasteiger charge is -2.27. The number of benzene rings is 1. The van der Waals surface area contributed by atoms with Gasteiger partial charge in [-0.15, -0.1) is 0 Å². The van der Waals surface area contributed by atoms with Gasteiger partial charge in [-0.25, -0.2) is 9.97 Å². The highest BCUT2D eigenvalue weighted by atomic mass is 16.5. The van der Waals surface area contributed by atoms with Gasteiger partial charge in [0.15, 0.2) is 0 Å². The number of primary amides is 1. The Labute approximate surface area is 191 Å². The molecule has 2 amide bonds. The van der Waals surface area contributed by atoms with Crippen molar-refractivity contribution in [2.75, 3.05) is 44.3 Å². The Hall–Kier alpha value is -3.59. The van der Waals surface area contributed by atoms with Crippen LogP contribution in [0.5, 0.6) is 0 Å². The van der Waals surface area contributed by atoms with E-state index in [2.05, 4.69) is 14.9 Å². The lowest BCUT2D eigenvalue weighted by molar-refractivity contribution is 0.0788. The van der Waals surface area contributed by atoms with E-state index >= 15 is 0 Å². The minimum absolute atomic E-state index is 0.0329. The van der Waals surface area contributed by atoms with Gasteiger partial charge < -0.3 is 20.3 Å². The lowest BCUT2D eigenvalue weighted by atomic mass is 9.99. The van der Waals surface area contributed by atoms with Crippen LogP contribution in [0.4, 0.5) is 5.95 Å². The Morgan fingerprint density at radius 2 is 1.88 bits per heavy atom. The third kappa shape index (κ3) is 4.11. The number of morpholine rings is 1. The summed E-state index contributed by atoms with van der Waals surface area (Å²) < 4.78 is 5.38. The fourth-order valence-corrected chi connectivity index (χ4v) is 4.55. The van der Waals surface area contributed by atoms with E-state index in [4.69, 9.17) is 15.5 Å². The molecule has 1 aromatic carbocycles. The predicted octanol–water partition coefficient (Wildman–Crippen LogP) is 1.90. The van der Waals surface area contributed by atoms with Crippen molar-refractivity contribution >= 4 is 28.7 Å². The molecule has 33 heavy (non-hydrogen) atoms. The maximum Gasteiger partial charge on any atom is 0.257 e. The van der Waals surface area contributed by atoms with Crippen LogP contribution in [0.2, 0.25) is 0 Å². The van der Waals surface area contributed by atoms with Gasteiger partial charge in [-0.05, 0) is 25.5 Å². The van der Waals surface area contributed by atoms with E-state index in [1.165, 1.54) is 0 Å². The molecule has 170 valence electrons. The van der Waals surface area contributed by atoms with Crippen molar-refractivity contribution in [2.24, 2.45) is 5.73 Å². The number of rotatable bonds is 4. The molecular weight excluding hydrogens is 420 g/mol. The van der Waals surface area contributed by atoms with Crippen LogP contribution in [0.1, 0.15) is 44.4 Å². The van der Waals surface area contributed by atoms with Crippen LogP contribution in [0.25, 0.3) is 10.9 Å². The molecule has 5 rings (SSSR count). The first kappa shape index (κ1) is 21.3. The highest BCUT2D eigenvalue weighted by Gasteiger charge is 2.31. The molecule has 9 nitrogen and oxygen atoms in total. The van der Waals surface area contributed by atoms with Crippen LogP contribution in [-0.2, 0) is 4.74 Å². The third-order valence-electron chi connectivity index (χ3n) is 6.39. The highest BCUT2D eigenvalue weighted by molar-refractivity contribution is 6.05. The standard InChI is InChI=1S/C24H26N6O3/c1-15-19(13-26-24(27-15)29-8-10-33-11-9-29)23(32)30-7-6-16(14-30)21-12-18(22(25)31)17-4-2-3-5-20(17)28-21/h2-5,12-13,16H,6-11,14H2,1H3,(H2,25,31)/t16-/m1/s1. The highest BCUT2D eigenvalue weighted by Crippen LogP contribution is 2.30. The van der Waals surface area contributed by atoms with Crippen LogP contribution in [-0.4, -0.2) is 71.1 Å². The monoisotopic (exact) mass is 446 g/mol. The molecule has 2 saturated heterocycles. The second-order valence-electron chi connectivity index (χ2n) is 8.48. The second kappa shape index (κ2) is 8.74. The topological polar surface area (TPSA) is 115 Å². The molecule has 2 aliphatic heterocycles. The first-order chi connectivity index (χ1) is 16.0. The van der Waals surface area contributed by atoms with E-state index in [1.54, 1.807) is 12.3 Å². The molecule has 1 atom stereocenters. The number of carbonyl (C=O) groups excluding carboxylic acids is 2. The summed E-state index contributed by atoms with van der Waals surface area (Å²) in [5.41, 5.74) is 8.78. The molecule has 4 heterocycles. The molecule has 2 aromatic heterocycles. The van der Waals surface area contributed by atoms with Crippen molar-refractivity contribution in [1.29, 1.82) is 0 Å². The first-order valence-corrected chi connectivity index (χ1v) is 11.2. The molecule has 0 aliphatic carbocycles. The molecule has 3 aromatic rings. The Morgan fingerprint density at radius 1 is 1.09 bits per heavy atom. The number of carbonyl (C=O) groups is 2. The first-order valence-electron chi connectivity index (χ1n) is 11.2. The summed E-state index contributed by atoms with van der Waals surface area (Å²) in [7, 11) is 0. The fraction of sp³-hybridized carbons (Fsp3) is 0.375. The lowest BCUT2D eigenvalue weighted by Crippen LogP contribution is -2.37. The van der Waals surface area contributed by atoms with Crippen molar-refractivity contribution in [3.8, 4) is 0 Å². The van der Waals surface area contributed by atoms with E-state index in [1.807, 2.05) is 36.1 Å². The summed E-state index contributed by atoms with van der Waals surface area (Å²) in [6, 6.07) is 9.24. The minimum atomic E-state index is -0.478. The number of hydrogen-bond donors (Lipinski definition) is 1. The summed E-state index contributed by atoms with van der Waals surface area (Å²) in [5.74, 6) is 0.102. The van der Waals surface area contributed by atoms with Crippen molar-refractivity contribution in [3.63, 3.8) is 0 Å². The van der Waals surface area contributed by atoms with Crippen molar-refractivity contribution in [3.05, 3.63) is 59.0 Å². The zero-order valence-electron chi connectivity index (χ0n) is 18.5. The van der Waals surface area contributed by atoms with Crippen LogP contribution >= 0.6 is 0 Å². The van der Waals surface area contributed by atoms with Crippen LogP contribution in [0.3, 0.4) is 0 Å². The Kier molecular flexibility index (Phi) is 5.63. The number of anilines is 1. The zero-order chi connectivity index (χ0) is 22.9. The largest absolute Gasteiger partial charge is 0.378 e. The molecule has 2 aliphatic rings. The van der Waals surface area contributed by atoms with Crippen molar-refractivity contribution < 1.29 is 14.3 Å². The molecular formula is C24H26N6O3. The number of pyridine rings is 1. The van der Waals surface area contributed by atoms with Gasteiger partial charge in [0.05, 0.1) is 35.6 Å². The minimum Gasteiger partial charge on any atom is -0.378 e. The molecule has 2 N–H and O–H groups in total. The molecule has 0 unspecified atom stereocenters. The van der Waals surface area contributed by atoms with E-state index in [0.717, 1.165) is 36.1 Å². The quantitative estimate of drug-likeness (QED) is 0.651. The number of aromatic nitrogens is 3. The van der Waals surface area contributed by atoms with E-state index in [9.17, 15) is 9.59 Å². The number of likely N-dealkylation sites (tertiary alicyclic amines) is 1. The van der Waals surface area contributed by atoms with Crippen molar-refractivity contribution in [2.45, 2.75) is 19.3 Å². The van der Waals surface area contributed by atoms with Gasteiger partial charge in [-0.2, -0.15) is 0 Å². The maximum atomic E-state index is 13.2. The Balaban J connectivity index is 1.35. The van der Waals surface area contributed by atoms with Gasteiger partial charge in [0.1, 0.15) is 0 Å². The van der Waals surface area contributed by atoms with Crippen LogP contribution < -0.4 is 10.6 Å². The molecule has 0 bridgehead atoms. The van der Waals surface area contributed by atoms with Crippen LogP contribution in [0, 0.1) is 6.92 Å². The number of hydrogen-bond acceptors (Lipinski definition) is 7. The number of nitrogens with two attached hydrogens (primary N) is 1. The van der Waals surface area contributed by atoms with Gasteiger partial charge in [0.25, 0.3) is 5.91 Å². The van der Waals surface area contributed by atoms with Gasteiger partial charge in [0, 0.05) is 49.4 Å². The predicted molar refractivity (Wildman–Crippen MR) is 123 cm³/mol. The molecule has 0 spiro atoms. The number of amides is 2. The van der Waals surface area contributed by atoms with Crippen LogP contribution in [0.15, 0.2) is 36.5 Å². The average Bonchev–Trinajstić information content (AvgIpc) is 3.34. The summed E-state index contributed by atoms with van der Waals surface area (Å²) in [5, 5.41) is 0.743. The second-order valence-corrected chi connectivity index (χ2v) is 8.48. The normalized spacial score (nSPS) is 18.6. The zero-order valence-corrected chi connectivity index (χ0v) is 18.5. The summed E-state index contributed by atoms with van der Waals surface area (Å²) in [6.07, 6.45) is 2.39. The van der Waals surface area contributed by atoms with Crippen molar-refractivity contribution in [1.82, 2.24) is 19.9 Å². The number of ether oxygens (including phenoxy) is 1. The molecule has 0 saturated carbocycles. The number of para-hydroxylation sites is 1. The molecule has 0 radical (unpaired) electrons. The summed E-state index contributed by atoms with van der Waals surface area (Å²) in [4.78, 5) is 42.9. The number of nitrogens with zero attached hydrogens (tertiary/aromatic N) is 5. The van der Waals surface area contributed by atoms with E-state index < -0.39 is 5.91 Å². The maximum absolute atomic E-state index is 13.2. The summed E-state index contributed by atoms with van der Waals surface area (Å²) >= 11 is 0. The fourth-order valence-electron chi connectivity index (χ4n) is 4.55. The average molecular weight is 447 g/mol. The van der Waals surface area contributed by atoms with E-state index in [-0.39, 0.29) is 11.8 Å². The third-order valence-corrected chi connectivity index (χ3v) is 6.39. The van der Waals surface area contributed by atoms with E-state index in [0.29, 0.717) is 49.1 Å². The van der Waals surface area contributed by atoms with Gasteiger partial charge in [-0.3, -0.25) is 14.6 Å². The summed E-state index contributed by atoms with van der Waals surface area (Å²) in [6.45, 7) is 5.76.